The fraction of sp³-hybridized carbons (Fsp3) is 0.600. The van der Waals surface area contributed by atoms with Crippen LogP contribution >= 0.6 is 15.9 Å². The normalized spacial score (nSPS) is 17.7. The second kappa shape index (κ2) is 8.06. The molecular weight excluding hydrogens is 344 g/mol. The number of ether oxygens (including phenoxy) is 1. The molecule has 1 aliphatic rings. The summed E-state index contributed by atoms with van der Waals surface area (Å²) < 4.78 is 32.5. The lowest BCUT2D eigenvalue weighted by atomic mass is 9.98. The van der Waals surface area contributed by atoms with Crippen molar-refractivity contribution >= 4 is 21.6 Å². The molecule has 0 spiro atoms. The van der Waals surface area contributed by atoms with E-state index < -0.39 is 17.7 Å². The van der Waals surface area contributed by atoms with Crippen LogP contribution < -0.4 is 5.32 Å². The molecule has 2 rings (SSSR count). The molecule has 1 unspecified atom stereocenters. The number of rotatable bonds is 6. The molecule has 0 saturated heterocycles. The van der Waals surface area contributed by atoms with E-state index in [-0.39, 0.29) is 29.4 Å². The summed E-state index contributed by atoms with van der Waals surface area (Å²) in [4.78, 5) is 0. The number of benzene rings is 1. The first-order valence-corrected chi connectivity index (χ1v) is 8.03. The first kappa shape index (κ1) is 16.6. The molecular formula is C15H20BrF2NO2. The molecule has 0 amide bonds. The van der Waals surface area contributed by atoms with E-state index in [0.29, 0.717) is 0 Å². The third kappa shape index (κ3) is 5.20. The van der Waals surface area contributed by atoms with E-state index in [1.165, 1.54) is 25.3 Å². The molecule has 3 nitrogen and oxygen atoms in total. The number of hydrogen-bond donors (Lipinski definition) is 2. The molecule has 1 aromatic carbocycles. The zero-order chi connectivity index (χ0) is 15.2. The number of hydrogen-bond acceptors (Lipinski definition) is 3. The monoisotopic (exact) mass is 363 g/mol. The number of anilines is 1. The van der Waals surface area contributed by atoms with E-state index in [2.05, 4.69) is 21.2 Å². The highest BCUT2D eigenvalue weighted by Gasteiger charge is 2.16. The van der Waals surface area contributed by atoms with Gasteiger partial charge in [0, 0.05) is 12.6 Å². The van der Waals surface area contributed by atoms with Crippen LogP contribution in [0.1, 0.15) is 32.1 Å². The highest BCUT2D eigenvalue weighted by atomic mass is 79.9. The lowest BCUT2D eigenvalue weighted by Crippen LogP contribution is -2.28. The highest BCUT2D eigenvalue weighted by molar-refractivity contribution is 9.10. The summed E-state index contributed by atoms with van der Waals surface area (Å²) in [7, 11) is 0. The average molecular weight is 364 g/mol. The maximum absolute atomic E-state index is 13.5. The molecule has 0 heterocycles. The van der Waals surface area contributed by atoms with Crippen LogP contribution in [-0.2, 0) is 4.74 Å². The molecule has 1 atom stereocenters. The van der Waals surface area contributed by atoms with Crippen molar-refractivity contribution in [3.8, 4) is 0 Å². The van der Waals surface area contributed by atoms with Crippen molar-refractivity contribution < 1.29 is 18.6 Å². The Hall–Kier alpha value is -0.720. The average Bonchev–Trinajstić information content (AvgIpc) is 2.48. The van der Waals surface area contributed by atoms with Gasteiger partial charge in [-0.15, -0.1) is 0 Å². The van der Waals surface area contributed by atoms with E-state index in [9.17, 15) is 13.9 Å². The largest absolute Gasteiger partial charge is 0.389 e. The summed E-state index contributed by atoms with van der Waals surface area (Å²) >= 11 is 3.00. The van der Waals surface area contributed by atoms with Gasteiger partial charge in [-0.2, -0.15) is 0 Å². The Kier molecular flexibility index (Phi) is 6.39. The summed E-state index contributed by atoms with van der Waals surface area (Å²) in [6.45, 7) is 0.378. The highest BCUT2D eigenvalue weighted by Crippen LogP contribution is 2.24. The van der Waals surface area contributed by atoms with Gasteiger partial charge in [0.1, 0.15) is 11.6 Å². The summed E-state index contributed by atoms with van der Waals surface area (Å²) in [5, 5.41) is 12.6. The summed E-state index contributed by atoms with van der Waals surface area (Å²) in [5.41, 5.74) is 0.153. The van der Waals surface area contributed by atoms with Gasteiger partial charge in [0.2, 0.25) is 0 Å². The van der Waals surface area contributed by atoms with Crippen molar-refractivity contribution in [2.24, 2.45) is 0 Å². The Balaban J connectivity index is 1.75. The zero-order valence-corrected chi connectivity index (χ0v) is 13.3. The minimum Gasteiger partial charge on any atom is -0.389 e. The zero-order valence-electron chi connectivity index (χ0n) is 11.7. The molecule has 0 bridgehead atoms. The first-order valence-electron chi connectivity index (χ1n) is 7.24. The summed E-state index contributed by atoms with van der Waals surface area (Å²) in [5.74, 6) is -1.34. The lowest BCUT2D eigenvalue weighted by molar-refractivity contribution is -0.0195. The molecule has 0 aliphatic heterocycles. The van der Waals surface area contributed by atoms with Crippen molar-refractivity contribution in [1.82, 2.24) is 0 Å². The van der Waals surface area contributed by atoms with Crippen LogP contribution in [0.25, 0.3) is 0 Å². The topological polar surface area (TPSA) is 41.5 Å². The van der Waals surface area contributed by atoms with Gasteiger partial charge in [-0.1, -0.05) is 19.3 Å². The number of nitrogens with one attached hydrogen (secondary N) is 1. The van der Waals surface area contributed by atoms with E-state index >= 15 is 0 Å². The second-order valence-corrected chi connectivity index (χ2v) is 6.23. The third-order valence-electron chi connectivity index (χ3n) is 3.61. The van der Waals surface area contributed by atoms with Crippen molar-refractivity contribution in [1.29, 1.82) is 0 Å². The summed E-state index contributed by atoms with van der Waals surface area (Å²) in [6, 6.07) is 2.12. The molecule has 21 heavy (non-hydrogen) atoms. The van der Waals surface area contributed by atoms with Gasteiger partial charge >= 0.3 is 0 Å². The minimum absolute atomic E-state index is 0.153. The predicted molar refractivity (Wildman–Crippen MR) is 81.4 cm³/mol. The van der Waals surface area contributed by atoms with Crippen LogP contribution in [0.15, 0.2) is 16.6 Å². The molecule has 0 aromatic heterocycles. The van der Waals surface area contributed by atoms with Gasteiger partial charge in [-0.3, -0.25) is 0 Å². The third-order valence-corrected chi connectivity index (χ3v) is 4.22. The van der Waals surface area contributed by atoms with Gasteiger partial charge in [-0.05, 0) is 34.8 Å². The standard InChI is InChI=1S/C15H20BrF2NO2/c16-12-6-15(14(18)7-13(12)17)19-8-10(20)9-21-11-4-2-1-3-5-11/h6-7,10-11,19-20H,1-5,8-9H2. The molecule has 1 aromatic rings. The van der Waals surface area contributed by atoms with Crippen LogP contribution in [-0.4, -0.2) is 30.5 Å². The maximum atomic E-state index is 13.5. The Labute approximate surface area is 131 Å². The molecule has 2 N–H and O–H groups in total. The van der Waals surface area contributed by atoms with Crippen molar-refractivity contribution in [2.45, 2.75) is 44.3 Å². The summed E-state index contributed by atoms with van der Waals surface area (Å²) in [6.07, 6.45) is 5.18. The van der Waals surface area contributed by atoms with Crippen LogP contribution in [0.4, 0.5) is 14.5 Å². The Morgan fingerprint density at radius 1 is 1.24 bits per heavy atom. The lowest BCUT2D eigenvalue weighted by Gasteiger charge is -2.23. The van der Waals surface area contributed by atoms with Crippen LogP contribution in [0.5, 0.6) is 0 Å². The SMILES string of the molecule is OC(CNc1cc(Br)c(F)cc1F)COC1CCCCC1. The molecule has 1 aliphatic carbocycles. The van der Waals surface area contributed by atoms with E-state index in [4.69, 9.17) is 4.74 Å². The molecule has 118 valence electrons. The van der Waals surface area contributed by atoms with Gasteiger partial charge in [0.15, 0.2) is 0 Å². The minimum atomic E-state index is -0.727. The van der Waals surface area contributed by atoms with Crippen LogP contribution in [0.2, 0.25) is 0 Å². The first-order chi connectivity index (χ1) is 10.1. The molecule has 0 radical (unpaired) electrons. The molecule has 1 saturated carbocycles. The second-order valence-electron chi connectivity index (χ2n) is 5.37. The van der Waals surface area contributed by atoms with Gasteiger partial charge in [0.05, 0.1) is 29.0 Å². The Morgan fingerprint density at radius 3 is 2.67 bits per heavy atom. The maximum Gasteiger partial charge on any atom is 0.149 e. The fourth-order valence-electron chi connectivity index (χ4n) is 2.42. The van der Waals surface area contributed by atoms with Crippen molar-refractivity contribution in [3.05, 3.63) is 28.2 Å². The van der Waals surface area contributed by atoms with Crippen molar-refractivity contribution in [3.63, 3.8) is 0 Å². The van der Waals surface area contributed by atoms with Gasteiger partial charge in [0.25, 0.3) is 0 Å². The number of aliphatic hydroxyl groups excluding tert-OH is 1. The fourth-order valence-corrected chi connectivity index (χ4v) is 2.77. The molecule has 1 fully saturated rings. The van der Waals surface area contributed by atoms with Crippen LogP contribution in [0, 0.1) is 11.6 Å². The number of halogens is 3. The van der Waals surface area contributed by atoms with E-state index in [1.54, 1.807) is 0 Å². The smallest absolute Gasteiger partial charge is 0.149 e. The predicted octanol–water partition coefficient (Wildman–Crippen LogP) is 3.85. The van der Waals surface area contributed by atoms with Gasteiger partial charge in [-0.25, -0.2) is 8.78 Å². The quantitative estimate of drug-likeness (QED) is 0.754. The van der Waals surface area contributed by atoms with E-state index in [1.807, 2.05) is 0 Å². The Bertz CT molecular complexity index is 467. The Morgan fingerprint density at radius 2 is 1.95 bits per heavy atom. The van der Waals surface area contributed by atoms with Gasteiger partial charge < -0.3 is 15.2 Å². The van der Waals surface area contributed by atoms with Crippen molar-refractivity contribution in [2.75, 3.05) is 18.5 Å². The molecule has 6 heteroatoms. The number of aliphatic hydroxyl groups is 1. The van der Waals surface area contributed by atoms with Crippen LogP contribution in [0.3, 0.4) is 0 Å². The van der Waals surface area contributed by atoms with E-state index in [0.717, 1.165) is 18.9 Å².